The Kier molecular flexibility index (Phi) is 22.3. The van der Waals surface area contributed by atoms with Crippen molar-refractivity contribution in [1.82, 2.24) is 9.97 Å². The molecule has 4 heterocycles. The second kappa shape index (κ2) is 27.1. The molecule has 0 atom stereocenters. The van der Waals surface area contributed by atoms with Gasteiger partial charge in [-0.05, 0) is 95.6 Å². The average Bonchev–Trinajstić information content (AvgIpc) is 3.93. The maximum absolute atomic E-state index is 13.2. The number of hydrogen-bond acceptors (Lipinski definition) is 8. The molecule has 0 unspecified atom stereocenters. The van der Waals surface area contributed by atoms with Crippen LogP contribution in [-0.2, 0) is 60.6 Å². The fourth-order valence-corrected chi connectivity index (χ4v) is 10.0. The number of carbonyl (C=O) groups is 2. The van der Waals surface area contributed by atoms with Crippen LogP contribution < -0.4 is 0 Å². The van der Waals surface area contributed by atoms with Crippen LogP contribution in [0.15, 0.2) is 163 Å². The van der Waals surface area contributed by atoms with E-state index in [4.69, 9.17) is 15.2 Å². The van der Waals surface area contributed by atoms with E-state index in [0.717, 1.165) is 54.2 Å². The summed E-state index contributed by atoms with van der Waals surface area (Å²) in [7, 11) is 0. The summed E-state index contributed by atoms with van der Waals surface area (Å²) in [6.45, 7) is 23.3. The zero-order chi connectivity index (χ0) is 53.2. The molecule has 0 aliphatic rings. The molecule has 9 aromatic rings. The van der Waals surface area contributed by atoms with Crippen LogP contribution in [0.5, 0.6) is 0 Å². The normalized spacial score (nSPS) is 11.4. The van der Waals surface area contributed by atoms with Gasteiger partial charge in [0.15, 0.2) is 11.6 Å². The molecule has 2 radical (unpaired) electrons. The number of fused-ring (bicyclic) bond motifs is 2. The number of thiophene rings is 2. The number of ketones is 2. The van der Waals surface area contributed by atoms with Gasteiger partial charge in [0, 0.05) is 80.1 Å². The van der Waals surface area contributed by atoms with Crippen LogP contribution in [0.4, 0.5) is 4.39 Å². The molecule has 9 rings (SSSR count). The smallest absolute Gasteiger partial charge is 0.155 e. The Morgan fingerprint density at radius 2 is 1.01 bits per heavy atom. The van der Waals surface area contributed by atoms with Crippen molar-refractivity contribution in [2.24, 2.45) is 0 Å². The number of pyridine rings is 2. The van der Waals surface area contributed by atoms with Crippen molar-refractivity contribution in [2.75, 3.05) is 0 Å². The number of carbonyl (C=O) groups excluding carboxylic acids is 2. The molecule has 6 nitrogen and oxygen atoms in total. The molecule has 0 saturated heterocycles. The number of aromatic nitrogens is 2. The Bertz CT molecular complexity index is 3410. The van der Waals surface area contributed by atoms with E-state index >= 15 is 0 Å². The summed E-state index contributed by atoms with van der Waals surface area (Å²) >= 11 is 3.49. The summed E-state index contributed by atoms with van der Waals surface area (Å²) in [5.74, 6) is -0.339. The maximum Gasteiger partial charge on any atom is 0.155 e. The number of halogens is 1. The van der Waals surface area contributed by atoms with Gasteiger partial charge in [-0.15, -0.1) is 92.5 Å². The summed E-state index contributed by atoms with van der Waals surface area (Å²) in [6.07, 6.45) is 6.29. The first kappa shape index (κ1) is 61.5. The van der Waals surface area contributed by atoms with Crippen LogP contribution in [0.1, 0.15) is 91.5 Å². The van der Waals surface area contributed by atoms with Crippen molar-refractivity contribution >= 4 is 54.4 Å². The standard InChI is InChI=1S/C30H26NS.C24H21FNS.2C5H8O2.2Ir/c1-20-15-23(17-24(16-20)30(2,3)4)26-18-25-27(19-31-26)32-29(22-13-9-6-10-14-22)28(25)21-11-7-5-8-12-21;1-15-9-17(11-19(10-15)24(2,3)4)21-12-18-13-22(27-23(18)14-26-21)16-5-7-20(25)8-6-16;2*1-4(6)3-5(2)7;;/h5-14,16-19H,1-4H3;5-8,10-14H,1-4H3;2*3,6H,1-2H3;;/q2*-1;;;;. The predicted molar refractivity (Wildman–Crippen MR) is 305 cm³/mol. The van der Waals surface area contributed by atoms with Gasteiger partial charge in [0.2, 0.25) is 0 Å². The number of rotatable bonds is 7. The van der Waals surface area contributed by atoms with E-state index in [9.17, 15) is 14.0 Å². The number of hydrogen-bond donors (Lipinski definition) is 2. The average molecular weight is 1390 g/mol. The van der Waals surface area contributed by atoms with Gasteiger partial charge in [-0.1, -0.05) is 140 Å². The van der Waals surface area contributed by atoms with E-state index in [1.807, 2.05) is 35.9 Å². The van der Waals surface area contributed by atoms with Crippen molar-refractivity contribution in [1.29, 1.82) is 0 Å². The van der Waals surface area contributed by atoms with E-state index in [2.05, 4.69) is 176 Å². The third-order valence-corrected chi connectivity index (χ3v) is 13.6. The first-order valence-electron chi connectivity index (χ1n) is 24.0. The molecule has 0 amide bonds. The molecule has 2 N–H and O–H groups in total. The van der Waals surface area contributed by atoms with Gasteiger partial charge in [-0.2, -0.15) is 0 Å². The van der Waals surface area contributed by atoms with Crippen molar-refractivity contribution in [3.8, 4) is 54.5 Å². The summed E-state index contributed by atoms with van der Waals surface area (Å²) in [5, 5.41) is 19.1. The second-order valence-corrected chi connectivity index (χ2v) is 22.2. The van der Waals surface area contributed by atoms with E-state index in [1.165, 1.54) is 94.8 Å². The van der Waals surface area contributed by atoms with Gasteiger partial charge in [-0.3, -0.25) is 9.59 Å². The Hall–Kier alpha value is -6.03. The second-order valence-electron chi connectivity index (χ2n) is 20.1. The first-order valence-corrected chi connectivity index (χ1v) is 25.6. The number of benzene rings is 5. The third-order valence-electron chi connectivity index (χ3n) is 11.3. The van der Waals surface area contributed by atoms with Gasteiger partial charge < -0.3 is 20.2 Å². The van der Waals surface area contributed by atoms with Crippen molar-refractivity contribution in [3.63, 3.8) is 0 Å². The van der Waals surface area contributed by atoms with Gasteiger partial charge >= 0.3 is 0 Å². The van der Waals surface area contributed by atoms with E-state index < -0.39 is 0 Å². The maximum atomic E-state index is 13.2. The zero-order valence-electron chi connectivity index (χ0n) is 44.4. The Labute approximate surface area is 477 Å². The van der Waals surface area contributed by atoms with Crippen LogP contribution in [0, 0.1) is 31.8 Å². The largest absolute Gasteiger partial charge is 0.512 e. The molecule has 0 fully saturated rings. The molecule has 11 heteroatoms. The number of aliphatic hydroxyl groups excluding tert-OH is 2. The summed E-state index contributed by atoms with van der Waals surface area (Å²) < 4.78 is 15.5. The Balaban J connectivity index is 0.000000256. The van der Waals surface area contributed by atoms with Crippen molar-refractivity contribution in [3.05, 3.63) is 204 Å². The topological polar surface area (TPSA) is 100 Å². The summed E-state index contributed by atoms with van der Waals surface area (Å²) in [4.78, 5) is 32.0. The third kappa shape index (κ3) is 17.5. The summed E-state index contributed by atoms with van der Waals surface area (Å²) in [6, 6.07) is 50.3. The molecule has 392 valence electrons. The number of aryl methyl sites for hydroxylation is 2. The van der Waals surface area contributed by atoms with E-state index in [-0.39, 0.29) is 79.9 Å². The summed E-state index contributed by atoms with van der Waals surface area (Å²) in [5.41, 5.74) is 13.8. The number of aliphatic hydroxyl groups is 2. The fraction of sp³-hybridized carbons (Fsp3) is 0.219. The number of allylic oxidation sites excluding steroid dienone is 4. The molecule has 5 aromatic carbocycles. The van der Waals surface area contributed by atoms with Gasteiger partial charge in [0.25, 0.3) is 0 Å². The minimum Gasteiger partial charge on any atom is -0.512 e. The molecule has 4 aromatic heterocycles. The van der Waals surface area contributed by atoms with Crippen molar-refractivity contribution < 1.29 is 64.4 Å². The fourth-order valence-electron chi connectivity index (χ4n) is 7.84. The molecule has 0 bridgehead atoms. The molecular weight excluding hydrogens is 1330 g/mol. The van der Waals surface area contributed by atoms with E-state index in [1.54, 1.807) is 11.3 Å². The molecule has 0 aliphatic heterocycles. The van der Waals surface area contributed by atoms with E-state index in [0.29, 0.717) is 0 Å². The minimum atomic E-state index is -0.214. The van der Waals surface area contributed by atoms with Crippen LogP contribution >= 0.6 is 22.7 Å². The minimum absolute atomic E-state index is 0. The Morgan fingerprint density at radius 1 is 0.560 bits per heavy atom. The van der Waals surface area contributed by atoms with Gasteiger partial charge in [-0.25, -0.2) is 4.39 Å². The van der Waals surface area contributed by atoms with Gasteiger partial charge in [0.05, 0.1) is 20.9 Å². The zero-order valence-corrected chi connectivity index (χ0v) is 50.8. The SMILES string of the molecule is CC(=O)C=C(C)O.CC(=O)C=C(C)O.Cc1[c-]c(-c2cc3c(-c4ccccc4)c(-c4ccccc4)sc3cn2)cc(C(C)(C)C)c1.Cc1[c-]c(-c2cc3cc(-c4ccc(F)cc4)sc3cn2)cc(C(C)(C)C)c1.[Ir].[Ir]. The predicted octanol–water partition coefficient (Wildman–Crippen LogP) is 17.9. The molecule has 75 heavy (non-hydrogen) atoms. The molecular formula is C64H63FIr2N2O4S2-2. The molecule has 0 spiro atoms. The van der Waals surface area contributed by atoms with Crippen molar-refractivity contribution in [2.45, 2.75) is 93.9 Å². The van der Waals surface area contributed by atoms with Crippen LogP contribution in [-0.4, -0.2) is 31.7 Å². The first-order chi connectivity index (χ1) is 34.4. The Morgan fingerprint density at radius 3 is 1.45 bits per heavy atom. The molecule has 0 aliphatic carbocycles. The van der Waals surface area contributed by atoms with Crippen LogP contribution in [0.2, 0.25) is 0 Å². The van der Waals surface area contributed by atoms with Crippen LogP contribution in [0.25, 0.3) is 74.7 Å². The van der Waals surface area contributed by atoms with Crippen LogP contribution in [0.3, 0.4) is 0 Å². The van der Waals surface area contributed by atoms with Gasteiger partial charge in [0.1, 0.15) is 5.82 Å². The molecule has 0 saturated carbocycles. The quantitative estimate of drug-likeness (QED) is 0.0937. The number of nitrogens with zero attached hydrogens (tertiary/aromatic N) is 2. The monoisotopic (exact) mass is 1390 g/mol.